The van der Waals surface area contributed by atoms with E-state index in [0.717, 1.165) is 13.1 Å². The van der Waals surface area contributed by atoms with E-state index >= 15 is 0 Å². The van der Waals surface area contributed by atoms with Gasteiger partial charge in [-0.1, -0.05) is 11.6 Å². The van der Waals surface area contributed by atoms with E-state index in [9.17, 15) is 27.6 Å². The average molecular weight is 449 g/mol. The summed E-state index contributed by atoms with van der Waals surface area (Å²) in [6, 6.07) is 4.00. The first-order chi connectivity index (χ1) is 14.0. The standard InChI is InChI=1S/C18H16ClF3N2O6/c1-3-29-11(7-16(26)27)9-30-13-6-10(4-5-12(13)19)24-15(25)8-14(18(20,21)22)23(2)17(24)28/h4-8H,3,9H2,1-2H3,(H,26,27)/b11-7+. The third kappa shape index (κ3) is 5.23. The van der Waals surface area contributed by atoms with Crippen LogP contribution in [0.15, 0.2) is 45.7 Å². The number of ether oxygens (including phenoxy) is 2. The zero-order valence-electron chi connectivity index (χ0n) is 15.7. The lowest BCUT2D eigenvalue weighted by molar-refractivity contribution is -0.144. The fourth-order valence-electron chi connectivity index (χ4n) is 2.47. The largest absolute Gasteiger partial charge is 0.494 e. The summed E-state index contributed by atoms with van der Waals surface area (Å²) in [6.45, 7) is 1.48. The molecule has 1 aromatic heterocycles. The molecule has 0 saturated heterocycles. The van der Waals surface area contributed by atoms with Gasteiger partial charge in [0.1, 0.15) is 23.8 Å². The van der Waals surface area contributed by atoms with Gasteiger partial charge >= 0.3 is 17.8 Å². The smallest absolute Gasteiger partial charge is 0.431 e. The maximum absolute atomic E-state index is 13.0. The molecule has 0 bridgehead atoms. The molecular weight excluding hydrogens is 433 g/mol. The van der Waals surface area contributed by atoms with Crippen LogP contribution in [0.4, 0.5) is 13.2 Å². The number of alkyl halides is 3. The quantitative estimate of drug-likeness (QED) is 0.516. The summed E-state index contributed by atoms with van der Waals surface area (Å²) in [6.07, 6.45) is -4.09. The van der Waals surface area contributed by atoms with Crippen LogP contribution in [-0.4, -0.2) is 33.4 Å². The second-order valence-corrected chi connectivity index (χ2v) is 6.24. The highest BCUT2D eigenvalue weighted by atomic mass is 35.5. The molecule has 2 rings (SSSR count). The van der Waals surface area contributed by atoms with Crippen LogP contribution in [0.3, 0.4) is 0 Å². The molecule has 0 unspecified atom stereocenters. The van der Waals surface area contributed by atoms with Gasteiger partial charge in [0.25, 0.3) is 5.56 Å². The lowest BCUT2D eigenvalue weighted by Crippen LogP contribution is -2.40. The summed E-state index contributed by atoms with van der Waals surface area (Å²) in [5, 5.41) is 8.89. The normalized spacial score (nSPS) is 12.0. The molecule has 0 aliphatic heterocycles. The van der Waals surface area contributed by atoms with E-state index in [1.54, 1.807) is 6.92 Å². The van der Waals surface area contributed by atoms with Crippen LogP contribution in [0.5, 0.6) is 5.75 Å². The number of hydrogen-bond acceptors (Lipinski definition) is 5. The Morgan fingerprint density at radius 2 is 1.93 bits per heavy atom. The summed E-state index contributed by atoms with van der Waals surface area (Å²) in [5.74, 6) is -1.32. The maximum Gasteiger partial charge on any atom is 0.431 e. The maximum atomic E-state index is 13.0. The SMILES string of the molecule is CCO/C(=C/C(=O)O)COc1cc(-n2c(=O)cc(C(F)(F)F)n(C)c2=O)ccc1Cl. The second kappa shape index (κ2) is 9.08. The highest BCUT2D eigenvalue weighted by molar-refractivity contribution is 6.32. The van der Waals surface area contributed by atoms with Crippen molar-refractivity contribution in [2.45, 2.75) is 13.1 Å². The highest BCUT2D eigenvalue weighted by Gasteiger charge is 2.35. The van der Waals surface area contributed by atoms with Crippen molar-refractivity contribution in [3.8, 4) is 11.4 Å². The Hall–Kier alpha value is -3.21. The van der Waals surface area contributed by atoms with Gasteiger partial charge < -0.3 is 14.6 Å². The number of halogens is 4. The first-order valence-corrected chi connectivity index (χ1v) is 8.72. The van der Waals surface area contributed by atoms with Crippen molar-refractivity contribution in [3.63, 3.8) is 0 Å². The topological polar surface area (TPSA) is 99.8 Å². The average Bonchev–Trinajstić information content (AvgIpc) is 2.63. The Bertz CT molecular complexity index is 1100. The van der Waals surface area contributed by atoms with Crippen molar-refractivity contribution in [1.82, 2.24) is 9.13 Å². The van der Waals surface area contributed by atoms with Crippen LogP contribution in [0.2, 0.25) is 5.02 Å². The Labute approximate surface area is 172 Å². The van der Waals surface area contributed by atoms with Gasteiger partial charge in [0.2, 0.25) is 0 Å². The number of rotatable bonds is 7. The molecule has 0 fully saturated rings. The van der Waals surface area contributed by atoms with Crippen molar-refractivity contribution >= 4 is 17.6 Å². The lowest BCUT2D eigenvalue weighted by Gasteiger charge is -2.15. The molecule has 12 heteroatoms. The van der Waals surface area contributed by atoms with Crippen LogP contribution >= 0.6 is 11.6 Å². The molecule has 0 saturated carbocycles. The Morgan fingerprint density at radius 3 is 2.50 bits per heavy atom. The van der Waals surface area contributed by atoms with Gasteiger partial charge in [0.15, 0.2) is 0 Å². The van der Waals surface area contributed by atoms with E-state index in [0.29, 0.717) is 15.2 Å². The number of carboxylic acid groups (broad SMARTS) is 1. The Kier molecular flexibility index (Phi) is 6.98. The summed E-state index contributed by atoms with van der Waals surface area (Å²) in [4.78, 5) is 35.4. The molecule has 1 heterocycles. The van der Waals surface area contributed by atoms with Gasteiger partial charge in [-0.15, -0.1) is 0 Å². The zero-order valence-corrected chi connectivity index (χ0v) is 16.5. The van der Waals surface area contributed by atoms with Gasteiger partial charge in [-0.25, -0.2) is 14.2 Å². The summed E-state index contributed by atoms with van der Waals surface area (Å²) < 4.78 is 50.3. The van der Waals surface area contributed by atoms with Crippen LogP contribution in [-0.2, 0) is 22.8 Å². The molecule has 0 aliphatic rings. The predicted octanol–water partition coefficient (Wildman–Crippen LogP) is 2.59. The number of carbonyl (C=O) groups is 1. The first kappa shape index (κ1) is 23.1. The molecule has 1 aromatic carbocycles. The molecule has 0 spiro atoms. The van der Waals surface area contributed by atoms with Crippen LogP contribution < -0.4 is 16.0 Å². The molecule has 8 nitrogen and oxygen atoms in total. The third-order valence-corrected chi connectivity index (χ3v) is 4.08. The molecule has 0 aliphatic carbocycles. The molecule has 0 amide bonds. The molecule has 2 aromatic rings. The van der Waals surface area contributed by atoms with Gasteiger partial charge in [0.05, 0.1) is 23.4 Å². The molecule has 162 valence electrons. The van der Waals surface area contributed by atoms with Crippen molar-refractivity contribution < 1.29 is 32.5 Å². The van der Waals surface area contributed by atoms with Crippen molar-refractivity contribution in [3.05, 3.63) is 67.7 Å². The van der Waals surface area contributed by atoms with E-state index in [4.69, 9.17) is 26.2 Å². The van der Waals surface area contributed by atoms with Crippen molar-refractivity contribution in [1.29, 1.82) is 0 Å². The number of aliphatic carboxylic acids is 1. The third-order valence-electron chi connectivity index (χ3n) is 3.77. The summed E-state index contributed by atoms with van der Waals surface area (Å²) >= 11 is 6.02. The first-order valence-electron chi connectivity index (χ1n) is 8.35. The number of aromatic nitrogens is 2. The minimum atomic E-state index is -4.88. The van der Waals surface area contributed by atoms with Gasteiger partial charge in [-0.3, -0.25) is 9.36 Å². The molecular formula is C18H16ClF3N2O6. The van der Waals surface area contributed by atoms with Crippen molar-refractivity contribution in [2.24, 2.45) is 7.05 Å². The highest BCUT2D eigenvalue weighted by Crippen LogP contribution is 2.28. The van der Waals surface area contributed by atoms with Crippen molar-refractivity contribution in [2.75, 3.05) is 13.2 Å². The predicted molar refractivity (Wildman–Crippen MR) is 100 cm³/mol. The van der Waals surface area contributed by atoms with Gasteiger partial charge in [-0.2, -0.15) is 13.2 Å². The number of hydrogen-bond donors (Lipinski definition) is 1. The fourth-order valence-corrected chi connectivity index (χ4v) is 2.65. The summed E-state index contributed by atoms with van der Waals surface area (Å²) in [5.41, 5.74) is -3.89. The monoisotopic (exact) mass is 448 g/mol. The summed E-state index contributed by atoms with van der Waals surface area (Å²) in [7, 11) is 0.888. The van der Waals surface area contributed by atoms with E-state index in [1.165, 1.54) is 18.2 Å². The Balaban J connectivity index is 2.47. The van der Waals surface area contributed by atoms with E-state index in [1.807, 2.05) is 0 Å². The van der Waals surface area contributed by atoms with E-state index < -0.39 is 29.1 Å². The van der Waals surface area contributed by atoms with E-state index in [2.05, 4.69) is 0 Å². The van der Waals surface area contributed by atoms with E-state index in [-0.39, 0.29) is 35.4 Å². The minimum absolute atomic E-state index is 0.0194. The Morgan fingerprint density at radius 1 is 1.27 bits per heavy atom. The number of benzene rings is 1. The van der Waals surface area contributed by atoms with Crippen LogP contribution in [0.25, 0.3) is 5.69 Å². The molecule has 30 heavy (non-hydrogen) atoms. The zero-order chi connectivity index (χ0) is 22.6. The molecule has 1 N–H and O–H groups in total. The molecule has 0 atom stereocenters. The van der Waals surface area contributed by atoms with Crippen LogP contribution in [0, 0.1) is 0 Å². The van der Waals surface area contributed by atoms with Gasteiger partial charge in [0, 0.05) is 19.2 Å². The fraction of sp³-hybridized carbons (Fsp3) is 0.278. The molecule has 0 radical (unpaired) electrons. The number of nitrogens with zero attached hydrogens (tertiary/aromatic N) is 2. The number of carboxylic acids is 1. The van der Waals surface area contributed by atoms with Gasteiger partial charge in [-0.05, 0) is 19.1 Å². The minimum Gasteiger partial charge on any atom is -0.494 e. The lowest BCUT2D eigenvalue weighted by atomic mass is 10.3. The second-order valence-electron chi connectivity index (χ2n) is 5.83. The van der Waals surface area contributed by atoms with Crippen LogP contribution in [0.1, 0.15) is 12.6 Å².